The topological polar surface area (TPSA) is 63.2 Å². The molecule has 4 nitrogen and oxygen atoms in total. The molecule has 2 aromatic rings. The van der Waals surface area contributed by atoms with E-state index in [0.717, 1.165) is 22.9 Å². The molecule has 0 aliphatic rings. The van der Waals surface area contributed by atoms with Crippen LogP contribution in [0.5, 0.6) is 0 Å². The SMILES string of the molecule is Cc1ccc(S(C)(=O)=O)cc1C(=O)NC(C)c1ccccc1C. The molecule has 122 valence electrons. The number of hydrogen-bond acceptors (Lipinski definition) is 3. The zero-order valence-corrected chi connectivity index (χ0v) is 14.6. The summed E-state index contributed by atoms with van der Waals surface area (Å²) in [6, 6.07) is 12.3. The Morgan fingerprint density at radius 1 is 1.04 bits per heavy atom. The predicted molar refractivity (Wildman–Crippen MR) is 91.3 cm³/mol. The Bertz CT molecular complexity index is 841. The van der Waals surface area contributed by atoms with Crippen molar-refractivity contribution in [3.05, 3.63) is 64.7 Å². The van der Waals surface area contributed by atoms with E-state index in [-0.39, 0.29) is 16.8 Å². The maximum atomic E-state index is 12.5. The molecule has 0 saturated carbocycles. The van der Waals surface area contributed by atoms with Gasteiger partial charge in [0.15, 0.2) is 9.84 Å². The molecule has 0 aliphatic heterocycles. The fourth-order valence-electron chi connectivity index (χ4n) is 2.50. The van der Waals surface area contributed by atoms with Gasteiger partial charge in [0.2, 0.25) is 0 Å². The quantitative estimate of drug-likeness (QED) is 0.936. The van der Waals surface area contributed by atoms with Crippen molar-refractivity contribution in [2.45, 2.75) is 31.7 Å². The van der Waals surface area contributed by atoms with Crippen LogP contribution in [0.25, 0.3) is 0 Å². The largest absolute Gasteiger partial charge is 0.345 e. The summed E-state index contributed by atoms with van der Waals surface area (Å²) in [6.07, 6.45) is 1.13. The number of nitrogens with one attached hydrogen (secondary N) is 1. The van der Waals surface area contributed by atoms with Gasteiger partial charge in [-0.3, -0.25) is 4.79 Å². The lowest BCUT2D eigenvalue weighted by Gasteiger charge is -2.17. The van der Waals surface area contributed by atoms with E-state index in [1.807, 2.05) is 38.1 Å². The number of benzene rings is 2. The van der Waals surface area contributed by atoms with Crippen LogP contribution in [-0.4, -0.2) is 20.6 Å². The minimum Gasteiger partial charge on any atom is -0.345 e. The molecule has 0 spiro atoms. The van der Waals surface area contributed by atoms with Gasteiger partial charge in [0.05, 0.1) is 10.9 Å². The summed E-state index contributed by atoms with van der Waals surface area (Å²) >= 11 is 0. The van der Waals surface area contributed by atoms with Gasteiger partial charge >= 0.3 is 0 Å². The molecule has 5 heteroatoms. The van der Waals surface area contributed by atoms with Gasteiger partial charge in [-0.15, -0.1) is 0 Å². The van der Waals surface area contributed by atoms with Crippen molar-refractivity contribution in [2.24, 2.45) is 0 Å². The normalized spacial score (nSPS) is 12.7. The Labute approximate surface area is 137 Å². The van der Waals surface area contributed by atoms with Crippen LogP contribution in [0.15, 0.2) is 47.4 Å². The highest BCUT2D eigenvalue weighted by Crippen LogP contribution is 2.19. The van der Waals surface area contributed by atoms with E-state index < -0.39 is 9.84 Å². The third-order valence-electron chi connectivity index (χ3n) is 3.88. The maximum Gasteiger partial charge on any atom is 0.252 e. The van der Waals surface area contributed by atoms with Gasteiger partial charge in [-0.05, 0) is 49.6 Å². The van der Waals surface area contributed by atoms with Crippen LogP contribution < -0.4 is 5.32 Å². The number of carbonyl (C=O) groups is 1. The molecule has 1 atom stereocenters. The fraction of sp³-hybridized carbons (Fsp3) is 0.278. The van der Waals surface area contributed by atoms with Crippen molar-refractivity contribution in [1.29, 1.82) is 0 Å². The second-order valence-corrected chi connectivity index (χ2v) is 7.82. The summed E-state index contributed by atoms with van der Waals surface area (Å²) in [6.45, 7) is 5.70. The zero-order chi connectivity index (χ0) is 17.2. The van der Waals surface area contributed by atoms with Crippen molar-refractivity contribution in [1.82, 2.24) is 5.32 Å². The van der Waals surface area contributed by atoms with Crippen LogP contribution in [0.2, 0.25) is 0 Å². The van der Waals surface area contributed by atoms with Gasteiger partial charge in [0, 0.05) is 11.8 Å². The van der Waals surface area contributed by atoms with Gasteiger partial charge in [-0.25, -0.2) is 8.42 Å². The standard InChI is InChI=1S/C18H21NO3S/c1-12-7-5-6-8-16(12)14(3)19-18(20)17-11-15(23(4,21)22)10-9-13(17)2/h5-11,14H,1-4H3,(H,19,20). The third-order valence-corrected chi connectivity index (χ3v) is 4.99. The van der Waals surface area contributed by atoms with Gasteiger partial charge in [0.1, 0.15) is 0 Å². The highest BCUT2D eigenvalue weighted by molar-refractivity contribution is 7.90. The second kappa shape index (κ2) is 6.54. The van der Waals surface area contributed by atoms with Crippen molar-refractivity contribution >= 4 is 15.7 Å². The molecule has 2 rings (SSSR count). The van der Waals surface area contributed by atoms with Crippen LogP contribution in [-0.2, 0) is 9.84 Å². The van der Waals surface area contributed by atoms with E-state index in [2.05, 4.69) is 5.32 Å². The van der Waals surface area contributed by atoms with Gasteiger partial charge in [-0.2, -0.15) is 0 Å². The fourth-order valence-corrected chi connectivity index (χ4v) is 3.15. The first-order chi connectivity index (χ1) is 10.7. The summed E-state index contributed by atoms with van der Waals surface area (Å²) in [5, 5.41) is 2.94. The van der Waals surface area contributed by atoms with Gasteiger partial charge in [-0.1, -0.05) is 30.3 Å². The smallest absolute Gasteiger partial charge is 0.252 e. The van der Waals surface area contributed by atoms with Crippen LogP contribution in [0, 0.1) is 13.8 Å². The molecule has 1 unspecified atom stereocenters. The van der Waals surface area contributed by atoms with Crippen molar-refractivity contribution in [3.63, 3.8) is 0 Å². The zero-order valence-electron chi connectivity index (χ0n) is 13.8. The molecule has 1 N–H and O–H groups in total. The van der Waals surface area contributed by atoms with E-state index in [1.165, 1.54) is 12.1 Å². The monoisotopic (exact) mass is 331 g/mol. The van der Waals surface area contributed by atoms with E-state index in [4.69, 9.17) is 0 Å². The van der Waals surface area contributed by atoms with E-state index in [1.54, 1.807) is 13.0 Å². The Balaban J connectivity index is 2.29. The molecule has 2 aromatic carbocycles. The van der Waals surface area contributed by atoms with Crippen molar-refractivity contribution in [2.75, 3.05) is 6.26 Å². The van der Waals surface area contributed by atoms with Crippen LogP contribution in [0.4, 0.5) is 0 Å². The number of carbonyl (C=O) groups excluding carboxylic acids is 1. The molecule has 0 aromatic heterocycles. The summed E-state index contributed by atoms with van der Waals surface area (Å²) in [5.41, 5.74) is 3.26. The van der Waals surface area contributed by atoms with Crippen molar-refractivity contribution < 1.29 is 13.2 Å². The number of rotatable bonds is 4. The molecule has 0 aliphatic carbocycles. The summed E-state index contributed by atoms with van der Waals surface area (Å²) in [5.74, 6) is -0.274. The lowest BCUT2D eigenvalue weighted by molar-refractivity contribution is 0.0939. The molecule has 1 amide bonds. The molecule has 0 fully saturated rings. The Morgan fingerprint density at radius 3 is 2.30 bits per heavy atom. The molecule has 0 bridgehead atoms. The molecule has 0 saturated heterocycles. The van der Waals surface area contributed by atoms with Crippen LogP contribution in [0.3, 0.4) is 0 Å². The average Bonchev–Trinajstić information content (AvgIpc) is 2.46. The first kappa shape index (κ1) is 17.2. The number of aryl methyl sites for hydroxylation is 2. The predicted octanol–water partition coefficient (Wildman–Crippen LogP) is 3.20. The number of hydrogen-bond donors (Lipinski definition) is 1. The first-order valence-electron chi connectivity index (χ1n) is 7.37. The number of sulfone groups is 1. The van der Waals surface area contributed by atoms with Gasteiger partial charge < -0.3 is 5.32 Å². The maximum absolute atomic E-state index is 12.5. The Hall–Kier alpha value is -2.14. The summed E-state index contributed by atoms with van der Waals surface area (Å²) < 4.78 is 23.4. The van der Waals surface area contributed by atoms with E-state index >= 15 is 0 Å². The lowest BCUT2D eigenvalue weighted by Crippen LogP contribution is -2.28. The molecule has 0 heterocycles. The third kappa shape index (κ3) is 3.99. The van der Waals surface area contributed by atoms with E-state index in [9.17, 15) is 13.2 Å². The minimum absolute atomic E-state index is 0.150. The van der Waals surface area contributed by atoms with Crippen molar-refractivity contribution in [3.8, 4) is 0 Å². The second-order valence-electron chi connectivity index (χ2n) is 5.80. The average molecular weight is 331 g/mol. The molecular formula is C18H21NO3S. The van der Waals surface area contributed by atoms with Gasteiger partial charge in [0.25, 0.3) is 5.91 Å². The molecular weight excluding hydrogens is 310 g/mol. The van der Waals surface area contributed by atoms with Crippen LogP contribution in [0.1, 0.15) is 40.0 Å². The Morgan fingerprint density at radius 2 is 1.70 bits per heavy atom. The lowest BCUT2D eigenvalue weighted by atomic mass is 10.0. The minimum atomic E-state index is -3.34. The highest BCUT2D eigenvalue weighted by atomic mass is 32.2. The molecule has 0 radical (unpaired) electrons. The van der Waals surface area contributed by atoms with Crippen LogP contribution >= 0.6 is 0 Å². The highest BCUT2D eigenvalue weighted by Gasteiger charge is 2.17. The Kier molecular flexibility index (Phi) is 4.90. The summed E-state index contributed by atoms with van der Waals surface area (Å²) in [4.78, 5) is 12.7. The summed E-state index contributed by atoms with van der Waals surface area (Å²) in [7, 11) is -3.34. The van der Waals surface area contributed by atoms with E-state index in [0.29, 0.717) is 5.56 Å². The first-order valence-corrected chi connectivity index (χ1v) is 9.26. The molecule has 23 heavy (non-hydrogen) atoms. The number of amides is 1.